The first-order valence-electron chi connectivity index (χ1n) is 2.59. The molecule has 0 fully saturated rings. The second-order valence-corrected chi connectivity index (χ2v) is 1.59. The Morgan fingerprint density at radius 3 is 2.56 bits per heavy atom. The monoisotopic (exact) mass is 123 g/mol. The fourth-order valence-electron chi connectivity index (χ4n) is 0.408. The third-order valence-electron chi connectivity index (χ3n) is 0.810. The van der Waals surface area contributed by atoms with Crippen molar-refractivity contribution in [3.8, 4) is 0 Å². The lowest BCUT2D eigenvalue weighted by molar-refractivity contribution is 0.287. The fraction of sp³-hybridized carbons (Fsp3) is 0.333. The number of allylic oxidation sites excluding steroid dienone is 2. The third-order valence-corrected chi connectivity index (χ3v) is 0.810. The van der Waals surface area contributed by atoms with Gasteiger partial charge in [-0.25, -0.2) is 0 Å². The Morgan fingerprint density at radius 2 is 2.44 bits per heavy atom. The van der Waals surface area contributed by atoms with Gasteiger partial charge in [-0.05, 0) is 6.08 Å². The number of hydrogen-bond acceptors (Lipinski definition) is 2. The summed E-state index contributed by atoms with van der Waals surface area (Å²) in [6.07, 6.45) is 1.60. The van der Waals surface area contributed by atoms with Crippen molar-refractivity contribution in [2.45, 2.75) is 0 Å². The van der Waals surface area contributed by atoms with Crippen molar-refractivity contribution in [3.05, 3.63) is 23.9 Å². The van der Waals surface area contributed by atoms with Crippen LogP contribution in [0.5, 0.6) is 0 Å². The van der Waals surface area contributed by atoms with Gasteiger partial charge in [0.05, 0.1) is 13.7 Å². The van der Waals surface area contributed by atoms with E-state index in [1.54, 1.807) is 13.2 Å². The zero-order valence-corrected chi connectivity index (χ0v) is 5.55. The van der Waals surface area contributed by atoms with Crippen LogP contribution in [-0.4, -0.2) is 21.5 Å². The molecule has 0 saturated heterocycles. The molecule has 3 heteroatoms. The summed E-state index contributed by atoms with van der Waals surface area (Å²) in [6.45, 7) is 3.81. The minimum Gasteiger partial charge on any atom is -0.500 e. The molecule has 0 aliphatic heterocycles. The molecule has 0 aromatic heterocycles. The topological polar surface area (TPSA) is 35.2 Å². The van der Waals surface area contributed by atoms with Gasteiger partial charge in [0.1, 0.15) is 13.6 Å². The molecule has 0 aliphatic rings. The average molecular weight is 123 g/mol. The molecule has 0 unspecified atom stereocenters. The predicted molar refractivity (Wildman–Crippen MR) is 39.0 cm³/mol. The molecular formula is C6H10BNO. The lowest BCUT2D eigenvalue weighted by atomic mass is 9.97. The molecule has 0 bridgehead atoms. The SMILES string of the molecule is [B]C(=C)/C=C(\CN)OC. The summed E-state index contributed by atoms with van der Waals surface area (Å²) >= 11 is 0. The van der Waals surface area contributed by atoms with Gasteiger partial charge in [-0.2, -0.15) is 0 Å². The van der Waals surface area contributed by atoms with Crippen molar-refractivity contribution in [2.75, 3.05) is 13.7 Å². The van der Waals surface area contributed by atoms with E-state index in [-0.39, 0.29) is 0 Å². The Kier molecular flexibility index (Phi) is 3.89. The third kappa shape index (κ3) is 3.85. The minimum atomic E-state index is 0.354. The molecule has 48 valence electrons. The van der Waals surface area contributed by atoms with Crippen molar-refractivity contribution < 1.29 is 4.74 Å². The Balaban J connectivity index is 3.91. The van der Waals surface area contributed by atoms with E-state index in [0.717, 1.165) is 0 Å². The summed E-state index contributed by atoms with van der Waals surface area (Å²) in [6, 6.07) is 0. The molecule has 2 nitrogen and oxygen atoms in total. The van der Waals surface area contributed by atoms with Crippen LogP contribution in [0.4, 0.5) is 0 Å². The maximum atomic E-state index is 5.24. The van der Waals surface area contributed by atoms with E-state index >= 15 is 0 Å². The highest BCUT2D eigenvalue weighted by Crippen LogP contribution is 1.95. The molecular weight excluding hydrogens is 113 g/mol. The van der Waals surface area contributed by atoms with Gasteiger partial charge in [-0.15, -0.1) is 12.1 Å². The van der Waals surface area contributed by atoms with Crippen LogP contribution in [0.1, 0.15) is 0 Å². The highest BCUT2D eigenvalue weighted by Gasteiger charge is 1.88. The molecule has 0 heterocycles. The molecule has 2 radical (unpaired) electrons. The van der Waals surface area contributed by atoms with Crippen molar-refractivity contribution in [1.82, 2.24) is 0 Å². The maximum Gasteiger partial charge on any atom is 0.113 e. The molecule has 9 heavy (non-hydrogen) atoms. The van der Waals surface area contributed by atoms with Crippen LogP contribution in [0, 0.1) is 0 Å². The summed E-state index contributed by atoms with van der Waals surface area (Å²) in [4.78, 5) is 0. The van der Waals surface area contributed by atoms with E-state index in [2.05, 4.69) is 6.58 Å². The van der Waals surface area contributed by atoms with Gasteiger partial charge >= 0.3 is 0 Å². The van der Waals surface area contributed by atoms with E-state index in [0.29, 0.717) is 17.8 Å². The van der Waals surface area contributed by atoms with Crippen molar-refractivity contribution in [1.29, 1.82) is 0 Å². The lowest BCUT2D eigenvalue weighted by Crippen LogP contribution is -2.04. The van der Waals surface area contributed by atoms with Crippen molar-refractivity contribution in [3.63, 3.8) is 0 Å². The smallest absolute Gasteiger partial charge is 0.113 e. The zero-order valence-electron chi connectivity index (χ0n) is 5.55. The quantitative estimate of drug-likeness (QED) is 0.329. The Bertz CT molecular complexity index is 125. The maximum absolute atomic E-state index is 5.24. The number of hydrogen-bond donors (Lipinski definition) is 1. The molecule has 0 aromatic rings. The first kappa shape index (κ1) is 8.30. The molecule has 0 saturated carbocycles. The summed E-state index contributed by atoms with van der Waals surface area (Å²) in [5.41, 5.74) is 5.70. The van der Waals surface area contributed by atoms with E-state index in [4.69, 9.17) is 18.3 Å². The largest absolute Gasteiger partial charge is 0.500 e. The van der Waals surface area contributed by atoms with Gasteiger partial charge in [-0.1, -0.05) is 0 Å². The molecule has 0 spiro atoms. The van der Waals surface area contributed by atoms with Crippen LogP contribution in [0.25, 0.3) is 0 Å². The number of ether oxygens (including phenoxy) is 1. The summed E-state index contributed by atoms with van der Waals surface area (Å²) in [7, 11) is 6.78. The number of nitrogens with two attached hydrogens (primary N) is 1. The second kappa shape index (κ2) is 4.21. The summed E-state index contributed by atoms with van der Waals surface area (Å²) < 4.78 is 4.81. The van der Waals surface area contributed by atoms with Gasteiger partial charge in [-0.3, -0.25) is 0 Å². The molecule has 0 aromatic carbocycles. The highest BCUT2D eigenvalue weighted by molar-refractivity contribution is 6.23. The van der Waals surface area contributed by atoms with Gasteiger partial charge in [0.2, 0.25) is 0 Å². The summed E-state index contributed by atoms with van der Waals surface area (Å²) in [5.74, 6) is 0.641. The first-order chi connectivity index (χ1) is 4.20. The second-order valence-electron chi connectivity index (χ2n) is 1.59. The molecule has 0 rings (SSSR count). The molecule has 0 aliphatic carbocycles. The van der Waals surface area contributed by atoms with Crippen LogP contribution in [0.15, 0.2) is 23.9 Å². The van der Waals surface area contributed by atoms with E-state index in [1.807, 2.05) is 0 Å². The Morgan fingerprint density at radius 1 is 1.89 bits per heavy atom. The van der Waals surface area contributed by atoms with Gasteiger partial charge < -0.3 is 10.5 Å². The van der Waals surface area contributed by atoms with Gasteiger partial charge in [0.15, 0.2) is 0 Å². The van der Waals surface area contributed by atoms with E-state index in [1.165, 1.54) is 0 Å². The van der Waals surface area contributed by atoms with Crippen LogP contribution < -0.4 is 5.73 Å². The van der Waals surface area contributed by atoms with Crippen LogP contribution in [0.2, 0.25) is 0 Å². The summed E-state index contributed by atoms with van der Waals surface area (Å²) in [5, 5.41) is 0. The Labute approximate surface area is 56.8 Å². The standard InChI is InChI=1S/C6H10BNO/c1-5(7)3-6(4-8)9-2/h3H,1,4,8H2,2H3/b6-3+. The average Bonchev–Trinajstić information content (AvgIpc) is 1.82. The molecule has 0 amide bonds. The highest BCUT2D eigenvalue weighted by atomic mass is 16.5. The van der Waals surface area contributed by atoms with Crippen LogP contribution in [0.3, 0.4) is 0 Å². The number of methoxy groups -OCH3 is 1. The molecule has 2 N–H and O–H groups in total. The normalized spacial score (nSPS) is 11.1. The van der Waals surface area contributed by atoms with Gasteiger partial charge in [0, 0.05) is 0 Å². The van der Waals surface area contributed by atoms with E-state index < -0.39 is 0 Å². The Hall–Kier alpha value is -0.695. The lowest BCUT2D eigenvalue weighted by Gasteiger charge is -2.00. The van der Waals surface area contributed by atoms with E-state index in [9.17, 15) is 0 Å². The fourth-order valence-corrected chi connectivity index (χ4v) is 0.408. The zero-order chi connectivity index (χ0) is 7.28. The van der Waals surface area contributed by atoms with Crippen LogP contribution >= 0.6 is 0 Å². The van der Waals surface area contributed by atoms with Crippen molar-refractivity contribution in [2.24, 2.45) is 5.73 Å². The molecule has 0 atom stereocenters. The number of rotatable bonds is 3. The van der Waals surface area contributed by atoms with Crippen LogP contribution in [-0.2, 0) is 4.74 Å². The predicted octanol–water partition coefficient (Wildman–Crippen LogP) is 0.158. The van der Waals surface area contributed by atoms with Gasteiger partial charge in [0.25, 0.3) is 0 Å². The first-order valence-corrected chi connectivity index (χ1v) is 2.59. The van der Waals surface area contributed by atoms with Crippen molar-refractivity contribution >= 4 is 7.85 Å². The minimum absolute atomic E-state index is 0.354.